The predicted octanol–water partition coefficient (Wildman–Crippen LogP) is 2.22. The summed E-state index contributed by atoms with van der Waals surface area (Å²) in [5, 5.41) is 2.48. The third-order valence-corrected chi connectivity index (χ3v) is 3.15. The van der Waals surface area contributed by atoms with Gasteiger partial charge in [0.25, 0.3) is 10.1 Å². The van der Waals surface area contributed by atoms with Crippen LogP contribution in [0.1, 0.15) is 54.9 Å². The van der Waals surface area contributed by atoms with E-state index in [1.807, 2.05) is 0 Å². The fraction of sp³-hybridized carbons (Fsp3) is 0.875. The lowest BCUT2D eigenvalue weighted by atomic mass is 10.0. The number of rotatable bonds is 7. The Labute approximate surface area is 150 Å². The fourth-order valence-corrected chi connectivity index (χ4v) is 2.23. The number of carbonyl (C=O) groups is 2. The van der Waals surface area contributed by atoms with Crippen LogP contribution in [-0.4, -0.2) is 50.6 Å². The van der Waals surface area contributed by atoms with Gasteiger partial charge in [0.2, 0.25) is 0 Å². The van der Waals surface area contributed by atoms with Crippen molar-refractivity contribution >= 4 is 22.2 Å². The molecule has 0 saturated heterocycles. The number of hydrogen-bond donors (Lipinski definition) is 1. The molecule has 0 aliphatic rings. The molecule has 0 aliphatic heterocycles. The van der Waals surface area contributed by atoms with Crippen molar-refractivity contribution in [3.05, 3.63) is 0 Å². The van der Waals surface area contributed by atoms with Gasteiger partial charge >= 0.3 is 12.1 Å². The molecule has 0 radical (unpaired) electrons. The minimum absolute atomic E-state index is 0.103. The van der Waals surface area contributed by atoms with E-state index in [2.05, 4.69) is 5.32 Å². The van der Waals surface area contributed by atoms with E-state index in [1.165, 1.54) is 0 Å². The maximum atomic E-state index is 12.3. The van der Waals surface area contributed by atoms with Gasteiger partial charge in [-0.3, -0.25) is 4.18 Å². The molecule has 25 heavy (non-hydrogen) atoms. The molecule has 0 bridgehead atoms. The van der Waals surface area contributed by atoms with Gasteiger partial charge in [-0.05, 0) is 53.9 Å². The summed E-state index contributed by atoms with van der Waals surface area (Å²) >= 11 is 0. The van der Waals surface area contributed by atoms with Crippen LogP contribution in [0.4, 0.5) is 4.79 Å². The molecule has 0 aromatic heterocycles. The van der Waals surface area contributed by atoms with Crippen LogP contribution in [0.3, 0.4) is 0 Å². The van der Waals surface area contributed by atoms with Gasteiger partial charge in [0.05, 0.1) is 12.9 Å². The van der Waals surface area contributed by atoms with Crippen molar-refractivity contribution < 1.29 is 31.7 Å². The first-order chi connectivity index (χ1) is 11.0. The number of hydrogen-bond acceptors (Lipinski definition) is 7. The fourth-order valence-electron chi connectivity index (χ4n) is 1.75. The van der Waals surface area contributed by atoms with Crippen LogP contribution >= 0.6 is 0 Å². The zero-order valence-electron chi connectivity index (χ0n) is 16.3. The molecule has 0 saturated carbocycles. The Balaban J connectivity index is 5.00. The van der Waals surface area contributed by atoms with Crippen molar-refractivity contribution in [2.45, 2.75) is 72.1 Å². The standard InChI is InChI=1S/C16H31NO7S/c1-11(10-22-25(8,20)21)9-12(13(18)23-15(2,3)4)17-14(19)24-16(5,6)7/h11-12H,9-10H2,1-8H3,(H,17,19)/t11-,12+/m1/s1. The van der Waals surface area contributed by atoms with Crippen LogP contribution in [-0.2, 0) is 28.6 Å². The Morgan fingerprint density at radius 1 is 1.00 bits per heavy atom. The van der Waals surface area contributed by atoms with Gasteiger partial charge in [-0.25, -0.2) is 9.59 Å². The highest BCUT2D eigenvalue weighted by Gasteiger charge is 2.30. The summed E-state index contributed by atoms with van der Waals surface area (Å²) in [5.41, 5.74) is -1.44. The first kappa shape index (κ1) is 23.6. The molecule has 0 heterocycles. The lowest BCUT2D eigenvalue weighted by Gasteiger charge is -2.27. The number of alkyl carbamates (subject to hydrolysis) is 1. The van der Waals surface area contributed by atoms with Crippen molar-refractivity contribution in [2.75, 3.05) is 12.9 Å². The van der Waals surface area contributed by atoms with Crippen molar-refractivity contribution in [3.8, 4) is 0 Å². The van der Waals surface area contributed by atoms with Crippen molar-refractivity contribution in [1.29, 1.82) is 0 Å². The normalized spacial score (nSPS) is 15.2. The Morgan fingerprint density at radius 3 is 1.88 bits per heavy atom. The third kappa shape index (κ3) is 13.6. The van der Waals surface area contributed by atoms with Gasteiger partial charge in [0, 0.05) is 0 Å². The summed E-state index contributed by atoms with van der Waals surface area (Å²) < 4.78 is 37.4. The second kappa shape index (κ2) is 8.84. The van der Waals surface area contributed by atoms with E-state index in [1.54, 1.807) is 48.5 Å². The first-order valence-electron chi connectivity index (χ1n) is 8.05. The average Bonchev–Trinajstić information content (AvgIpc) is 2.30. The third-order valence-electron chi connectivity index (χ3n) is 2.59. The number of carbonyl (C=O) groups excluding carboxylic acids is 2. The summed E-state index contributed by atoms with van der Waals surface area (Å²) in [6.07, 6.45) is 0.341. The van der Waals surface area contributed by atoms with E-state index >= 15 is 0 Å². The van der Waals surface area contributed by atoms with Gasteiger partial charge in [0.1, 0.15) is 17.2 Å². The lowest BCUT2D eigenvalue weighted by molar-refractivity contribution is -0.158. The Kier molecular flexibility index (Phi) is 8.37. The maximum Gasteiger partial charge on any atom is 0.408 e. The largest absolute Gasteiger partial charge is 0.458 e. The topological polar surface area (TPSA) is 108 Å². The highest BCUT2D eigenvalue weighted by Crippen LogP contribution is 2.15. The molecule has 0 fully saturated rings. The first-order valence-corrected chi connectivity index (χ1v) is 9.87. The molecule has 0 aromatic carbocycles. The number of nitrogens with one attached hydrogen (secondary N) is 1. The molecular weight excluding hydrogens is 350 g/mol. The van der Waals surface area contributed by atoms with E-state index < -0.39 is 39.4 Å². The van der Waals surface area contributed by atoms with Crippen molar-refractivity contribution in [1.82, 2.24) is 5.32 Å². The summed E-state index contributed by atoms with van der Waals surface area (Å²) in [4.78, 5) is 24.3. The number of ether oxygens (including phenoxy) is 2. The highest BCUT2D eigenvalue weighted by atomic mass is 32.2. The molecule has 0 unspecified atom stereocenters. The van der Waals surface area contributed by atoms with E-state index in [0.717, 1.165) is 6.26 Å². The molecular formula is C16H31NO7S. The SMILES string of the molecule is C[C@@H](COS(C)(=O)=O)C[C@H](NC(=O)OC(C)(C)C)C(=O)OC(C)(C)C. The smallest absolute Gasteiger partial charge is 0.408 e. The molecule has 0 spiro atoms. The lowest BCUT2D eigenvalue weighted by Crippen LogP contribution is -2.47. The monoisotopic (exact) mass is 381 g/mol. The van der Waals surface area contributed by atoms with Gasteiger partial charge < -0.3 is 14.8 Å². The molecule has 1 amide bonds. The minimum Gasteiger partial charge on any atom is -0.458 e. The zero-order chi connectivity index (χ0) is 20.1. The summed E-state index contributed by atoms with van der Waals surface area (Å²) in [6.45, 7) is 11.9. The van der Waals surface area contributed by atoms with Gasteiger partial charge in [0.15, 0.2) is 0 Å². The van der Waals surface area contributed by atoms with Crippen LogP contribution in [0.25, 0.3) is 0 Å². The predicted molar refractivity (Wildman–Crippen MR) is 93.6 cm³/mol. The van der Waals surface area contributed by atoms with E-state index in [-0.39, 0.29) is 18.9 Å². The molecule has 8 nitrogen and oxygen atoms in total. The van der Waals surface area contributed by atoms with Gasteiger partial charge in [-0.2, -0.15) is 8.42 Å². The van der Waals surface area contributed by atoms with Gasteiger partial charge in [-0.15, -0.1) is 0 Å². The quantitative estimate of drug-likeness (QED) is 0.532. The number of esters is 1. The molecule has 0 rings (SSSR count). The maximum absolute atomic E-state index is 12.3. The van der Waals surface area contributed by atoms with Gasteiger partial charge in [-0.1, -0.05) is 6.92 Å². The molecule has 1 N–H and O–H groups in total. The second-order valence-electron chi connectivity index (χ2n) is 8.06. The molecule has 148 valence electrons. The van der Waals surface area contributed by atoms with E-state index in [0.29, 0.717) is 0 Å². The van der Waals surface area contributed by atoms with Crippen molar-refractivity contribution in [3.63, 3.8) is 0 Å². The highest BCUT2D eigenvalue weighted by molar-refractivity contribution is 7.85. The molecule has 9 heteroatoms. The van der Waals surface area contributed by atoms with E-state index in [9.17, 15) is 18.0 Å². The summed E-state index contributed by atoms with van der Waals surface area (Å²) in [5.74, 6) is -0.938. The molecule has 0 aliphatic carbocycles. The van der Waals surface area contributed by atoms with Crippen LogP contribution in [0.2, 0.25) is 0 Å². The average molecular weight is 381 g/mol. The van der Waals surface area contributed by atoms with Crippen LogP contribution < -0.4 is 5.32 Å². The molecule has 2 atom stereocenters. The minimum atomic E-state index is -3.58. The van der Waals surface area contributed by atoms with Crippen LogP contribution in [0.5, 0.6) is 0 Å². The summed E-state index contributed by atoms with van der Waals surface area (Å²) in [7, 11) is -3.58. The molecule has 0 aromatic rings. The van der Waals surface area contributed by atoms with E-state index in [4.69, 9.17) is 13.7 Å². The van der Waals surface area contributed by atoms with Crippen molar-refractivity contribution in [2.24, 2.45) is 5.92 Å². The summed E-state index contributed by atoms with van der Waals surface area (Å²) in [6, 6.07) is -0.979. The zero-order valence-corrected chi connectivity index (χ0v) is 17.2. The van der Waals surface area contributed by atoms with Crippen LogP contribution in [0.15, 0.2) is 0 Å². The Bertz CT molecular complexity index is 558. The number of amides is 1. The van der Waals surface area contributed by atoms with Crippen LogP contribution in [0, 0.1) is 5.92 Å². The Hall–Kier alpha value is -1.35. The Morgan fingerprint density at radius 2 is 1.48 bits per heavy atom. The second-order valence-corrected chi connectivity index (χ2v) is 9.71.